The van der Waals surface area contributed by atoms with E-state index in [1.165, 1.54) is 11.3 Å². The van der Waals surface area contributed by atoms with Crippen molar-refractivity contribution in [1.29, 1.82) is 0 Å². The minimum atomic E-state index is -0.856. The number of ether oxygens (including phenoxy) is 1. The fraction of sp³-hybridized carbons (Fsp3) is 0.333. The number of anilines is 1. The van der Waals surface area contributed by atoms with Gasteiger partial charge >= 0.3 is 5.97 Å². The van der Waals surface area contributed by atoms with E-state index in [9.17, 15) is 4.79 Å². The van der Waals surface area contributed by atoms with Crippen molar-refractivity contribution in [3.8, 4) is 10.6 Å². The van der Waals surface area contributed by atoms with Gasteiger partial charge in [0.15, 0.2) is 0 Å². The van der Waals surface area contributed by atoms with Crippen LogP contribution in [0.1, 0.15) is 10.6 Å². The average molecular weight is 306 g/mol. The lowest BCUT2D eigenvalue weighted by atomic mass is 10.2. The van der Waals surface area contributed by atoms with Crippen LogP contribution < -0.4 is 4.90 Å². The molecule has 0 radical (unpaired) electrons. The molecule has 6 heteroatoms. The topological polar surface area (TPSA) is 62.7 Å². The average Bonchev–Trinajstić information content (AvgIpc) is 2.82. The lowest BCUT2D eigenvalue weighted by Crippen LogP contribution is -2.07. The second-order valence-corrected chi connectivity index (χ2v) is 5.92. The minimum absolute atomic E-state index is 0.0217. The predicted octanol–water partition coefficient (Wildman–Crippen LogP) is 2.65. The largest absolute Gasteiger partial charge is 0.481 e. The van der Waals surface area contributed by atoms with E-state index in [0.29, 0.717) is 12.3 Å². The van der Waals surface area contributed by atoms with Gasteiger partial charge in [0, 0.05) is 37.3 Å². The third-order valence-corrected chi connectivity index (χ3v) is 4.15. The molecule has 1 heterocycles. The molecule has 112 valence electrons. The Morgan fingerprint density at radius 1 is 1.33 bits per heavy atom. The molecule has 0 unspecified atom stereocenters. The number of methoxy groups -OCH3 is 1. The minimum Gasteiger partial charge on any atom is -0.481 e. The van der Waals surface area contributed by atoms with Gasteiger partial charge in [0.1, 0.15) is 5.01 Å². The molecule has 0 aliphatic rings. The van der Waals surface area contributed by atoms with Crippen LogP contribution in [-0.2, 0) is 22.6 Å². The van der Waals surface area contributed by atoms with Crippen molar-refractivity contribution in [1.82, 2.24) is 4.98 Å². The van der Waals surface area contributed by atoms with Crippen LogP contribution in [-0.4, -0.2) is 37.3 Å². The van der Waals surface area contributed by atoms with E-state index >= 15 is 0 Å². The Bertz CT molecular complexity index is 620. The van der Waals surface area contributed by atoms with Crippen LogP contribution in [0.5, 0.6) is 0 Å². The second kappa shape index (κ2) is 6.69. The number of aliphatic carboxylic acids is 1. The highest BCUT2D eigenvalue weighted by Crippen LogP contribution is 2.30. The summed E-state index contributed by atoms with van der Waals surface area (Å²) in [6.07, 6.45) is -0.0217. The standard InChI is InChI=1S/C15H18N2O3S/c1-17(2)11-6-4-10(5-7-11)15-16-12(9-20-3)13(21-15)8-14(18)19/h4-7H,8-9H2,1-3H3,(H,18,19). The third kappa shape index (κ3) is 3.80. The zero-order valence-electron chi connectivity index (χ0n) is 12.3. The number of rotatable bonds is 6. The van der Waals surface area contributed by atoms with E-state index in [1.54, 1.807) is 7.11 Å². The van der Waals surface area contributed by atoms with Crippen molar-refractivity contribution in [2.75, 3.05) is 26.1 Å². The first-order chi connectivity index (χ1) is 10.0. The first kappa shape index (κ1) is 15.5. The maximum atomic E-state index is 10.9. The number of carbonyl (C=O) groups is 1. The Balaban J connectivity index is 2.32. The Kier molecular flexibility index (Phi) is 4.93. The van der Waals surface area contributed by atoms with Crippen molar-refractivity contribution in [3.05, 3.63) is 34.8 Å². The van der Waals surface area contributed by atoms with Crippen molar-refractivity contribution >= 4 is 23.0 Å². The lowest BCUT2D eigenvalue weighted by Gasteiger charge is -2.11. The van der Waals surface area contributed by atoms with E-state index in [4.69, 9.17) is 9.84 Å². The van der Waals surface area contributed by atoms with Crippen molar-refractivity contribution in [2.45, 2.75) is 13.0 Å². The molecule has 0 aliphatic carbocycles. The summed E-state index contributed by atoms with van der Waals surface area (Å²) in [6, 6.07) is 8.03. The maximum absolute atomic E-state index is 10.9. The van der Waals surface area contributed by atoms with Crippen LogP contribution in [0.2, 0.25) is 0 Å². The lowest BCUT2D eigenvalue weighted by molar-refractivity contribution is -0.136. The summed E-state index contributed by atoms with van der Waals surface area (Å²) < 4.78 is 5.09. The van der Waals surface area contributed by atoms with Gasteiger partial charge in [-0.3, -0.25) is 4.79 Å². The molecule has 0 saturated heterocycles. The summed E-state index contributed by atoms with van der Waals surface area (Å²) in [7, 11) is 5.55. The molecule has 21 heavy (non-hydrogen) atoms. The summed E-state index contributed by atoms with van der Waals surface area (Å²) in [5, 5.41) is 9.79. The van der Waals surface area contributed by atoms with Gasteiger partial charge in [-0.05, 0) is 24.3 Å². The van der Waals surface area contributed by atoms with Crippen LogP contribution in [0, 0.1) is 0 Å². The molecule has 0 bridgehead atoms. The molecular formula is C15H18N2O3S. The van der Waals surface area contributed by atoms with Gasteiger partial charge in [0.2, 0.25) is 0 Å². The molecule has 0 amide bonds. The Morgan fingerprint density at radius 3 is 2.52 bits per heavy atom. The van der Waals surface area contributed by atoms with Gasteiger partial charge in [-0.15, -0.1) is 11.3 Å². The molecular weight excluding hydrogens is 288 g/mol. The summed E-state index contributed by atoms with van der Waals surface area (Å²) in [6.45, 7) is 0.328. The summed E-state index contributed by atoms with van der Waals surface area (Å²) in [5.74, 6) is -0.856. The molecule has 0 saturated carbocycles. The van der Waals surface area contributed by atoms with Crippen LogP contribution in [0.4, 0.5) is 5.69 Å². The number of nitrogens with zero attached hydrogens (tertiary/aromatic N) is 2. The fourth-order valence-electron chi connectivity index (χ4n) is 1.93. The normalized spacial score (nSPS) is 10.6. The van der Waals surface area contributed by atoms with Gasteiger partial charge < -0.3 is 14.7 Å². The van der Waals surface area contributed by atoms with Crippen LogP contribution in [0.25, 0.3) is 10.6 Å². The first-order valence-electron chi connectivity index (χ1n) is 6.48. The number of carboxylic acids is 1. The molecule has 1 N–H and O–H groups in total. The van der Waals surface area contributed by atoms with Crippen LogP contribution in [0.3, 0.4) is 0 Å². The smallest absolute Gasteiger partial charge is 0.308 e. The van der Waals surface area contributed by atoms with Gasteiger partial charge in [-0.25, -0.2) is 4.98 Å². The van der Waals surface area contributed by atoms with E-state index < -0.39 is 5.97 Å². The highest BCUT2D eigenvalue weighted by Gasteiger charge is 2.15. The number of aromatic nitrogens is 1. The summed E-state index contributed by atoms with van der Waals surface area (Å²) in [4.78, 5) is 18.2. The molecule has 2 aromatic rings. The monoisotopic (exact) mass is 306 g/mol. The molecule has 1 aromatic heterocycles. The highest BCUT2D eigenvalue weighted by molar-refractivity contribution is 7.15. The van der Waals surface area contributed by atoms with Gasteiger partial charge in [-0.1, -0.05) is 0 Å². The first-order valence-corrected chi connectivity index (χ1v) is 7.30. The Morgan fingerprint density at radius 2 is 2.00 bits per heavy atom. The maximum Gasteiger partial charge on any atom is 0.308 e. The van der Waals surface area contributed by atoms with Crippen LogP contribution >= 0.6 is 11.3 Å². The zero-order chi connectivity index (χ0) is 15.4. The van der Waals surface area contributed by atoms with Crippen LogP contribution in [0.15, 0.2) is 24.3 Å². The van der Waals surface area contributed by atoms with Crippen molar-refractivity contribution in [2.24, 2.45) is 0 Å². The number of benzene rings is 1. The molecule has 0 aliphatic heterocycles. The fourth-order valence-corrected chi connectivity index (χ4v) is 3.00. The molecule has 5 nitrogen and oxygen atoms in total. The molecule has 1 aromatic carbocycles. The molecule has 0 fully saturated rings. The summed E-state index contributed by atoms with van der Waals surface area (Å²) >= 11 is 1.41. The summed E-state index contributed by atoms with van der Waals surface area (Å²) in [5.41, 5.74) is 2.80. The second-order valence-electron chi connectivity index (χ2n) is 4.83. The number of thiazole rings is 1. The molecule has 0 atom stereocenters. The van der Waals surface area contributed by atoms with E-state index in [2.05, 4.69) is 4.98 Å². The quantitative estimate of drug-likeness (QED) is 0.889. The number of hydrogen-bond donors (Lipinski definition) is 1. The SMILES string of the molecule is COCc1nc(-c2ccc(N(C)C)cc2)sc1CC(=O)O. The molecule has 0 spiro atoms. The van der Waals surface area contributed by atoms with Gasteiger partial charge in [0.25, 0.3) is 0 Å². The van der Waals surface area contributed by atoms with Gasteiger partial charge in [0.05, 0.1) is 18.7 Å². The predicted molar refractivity (Wildman–Crippen MR) is 83.9 cm³/mol. The Hall–Kier alpha value is -1.92. The van der Waals surface area contributed by atoms with E-state index in [1.807, 2.05) is 43.3 Å². The van der Waals surface area contributed by atoms with Crippen molar-refractivity contribution in [3.63, 3.8) is 0 Å². The number of hydrogen-bond acceptors (Lipinski definition) is 5. The molecule has 2 rings (SSSR count). The zero-order valence-corrected chi connectivity index (χ0v) is 13.1. The number of carboxylic acid groups (broad SMARTS) is 1. The third-order valence-electron chi connectivity index (χ3n) is 3.00. The van der Waals surface area contributed by atoms with E-state index in [0.717, 1.165) is 21.1 Å². The van der Waals surface area contributed by atoms with Crippen molar-refractivity contribution < 1.29 is 14.6 Å². The Labute approximate surface area is 127 Å². The highest BCUT2D eigenvalue weighted by atomic mass is 32.1. The van der Waals surface area contributed by atoms with Gasteiger partial charge in [-0.2, -0.15) is 0 Å². The van der Waals surface area contributed by atoms with E-state index in [-0.39, 0.29) is 6.42 Å².